The molecule has 3 fully saturated rings. The Kier molecular flexibility index (Phi) is 8.43. The standard InChI is InChI=1S/C32H42Cl2F2N2O3Si/c1-29(2,42(5)6)17-40-18-31(13-8-14-31)16-24-32(37,21-12-11-19(33)15-23(21)35)25(20-9-7-10-22(34)26(20)36)27-28(39)41-30(3,4)38(24)27/h7,9-12,15,24-25,27,42H,8,13-14,16-18,37H2,1-6H3/t24-,25-,27+,32+/m0/s1. The molecule has 2 N–H and O–H groups in total. The molecule has 2 aliphatic heterocycles. The molecule has 1 saturated carbocycles. The molecule has 3 aliphatic rings. The van der Waals surface area contributed by atoms with Crippen LogP contribution in [0.3, 0.4) is 0 Å². The third kappa shape index (κ3) is 5.24. The van der Waals surface area contributed by atoms with E-state index in [2.05, 4.69) is 26.9 Å². The number of carbonyl (C=O) groups excluding carboxylic acids is 1. The van der Waals surface area contributed by atoms with Crippen LogP contribution in [0.4, 0.5) is 8.78 Å². The fraction of sp³-hybridized carbons (Fsp3) is 0.594. The highest BCUT2D eigenvalue weighted by Gasteiger charge is 2.70. The van der Waals surface area contributed by atoms with E-state index in [1.54, 1.807) is 24.3 Å². The van der Waals surface area contributed by atoms with Crippen LogP contribution in [0, 0.1) is 17.0 Å². The lowest BCUT2D eigenvalue weighted by molar-refractivity contribution is -0.153. The van der Waals surface area contributed by atoms with Crippen LogP contribution in [-0.2, 0) is 19.8 Å². The Morgan fingerprint density at radius 3 is 2.45 bits per heavy atom. The third-order valence-electron chi connectivity index (χ3n) is 10.4. The highest BCUT2D eigenvalue weighted by molar-refractivity contribution is 6.59. The van der Waals surface area contributed by atoms with Gasteiger partial charge in [0, 0.05) is 37.9 Å². The second-order valence-electron chi connectivity index (χ2n) is 14.1. The van der Waals surface area contributed by atoms with Crippen LogP contribution >= 0.6 is 23.2 Å². The number of nitrogens with zero attached hydrogens (tertiary/aromatic N) is 1. The molecule has 230 valence electrons. The van der Waals surface area contributed by atoms with Crippen LogP contribution in [0.25, 0.3) is 0 Å². The molecule has 42 heavy (non-hydrogen) atoms. The van der Waals surface area contributed by atoms with Gasteiger partial charge in [0.05, 0.1) is 17.2 Å². The Morgan fingerprint density at radius 1 is 1.17 bits per heavy atom. The molecular formula is C32H42Cl2F2N2O3Si. The monoisotopic (exact) mass is 638 g/mol. The average Bonchev–Trinajstić information content (AvgIpc) is 3.26. The van der Waals surface area contributed by atoms with E-state index < -0.39 is 55.7 Å². The number of cyclic esters (lactones) is 1. The van der Waals surface area contributed by atoms with Gasteiger partial charge < -0.3 is 15.2 Å². The number of carbonyl (C=O) groups is 1. The lowest BCUT2D eigenvalue weighted by atomic mass is 9.61. The zero-order valence-electron chi connectivity index (χ0n) is 25.3. The van der Waals surface area contributed by atoms with E-state index >= 15 is 8.78 Å². The molecule has 5 rings (SSSR count). The zero-order chi connectivity index (χ0) is 30.8. The molecule has 2 aromatic rings. The first kappa shape index (κ1) is 31.9. The lowest BCUT2D eigenvalue weighted by Crippen LogP contribution is -2.58. The quantitative estimate of drug-likeness (QED) is 0.229. The highest BCUT2D eigenvalue weighted by Crippen LogP contribution is 2.60. The molecule has 0 amide bonds. The summed E-state index contributed by atoms with van der Waals surface area (Å²) in [5, 5.41) is 0.271. The number of halogens is 4. The first-order valence-corrected chi connectivity index (χ1v) is 18.5. The van der Waals surface area contributed by atoms with Crippen molar-refractivity contribution in [2.45, 2.75) is 101 Å². The Hall–Kier alpha value is -1.55. The predicted octanol–water partition coefficient (Wildman–Crippen LogP) is 7.40. The molecule has 2 heterocycles. The van der Waals surface area contributed by atoms with E-state index in [0.29, 0.717) is 19.6 Å². The van der Waals surface area contributed by atoms with Gasteiger partial charge in [-0.3, -0.25) is 4.79 Å². The van der Waals surface area contributed by atoms with Crippen molar-refractivity contribution in [3.8, 4) is 0 Å². The van der Waals surface area contributed by atoms with E-state index in [9.17, 15) is 4.79 Å². The first-order chi connectivity index (χ1) is 19.5. The maximum absolute atomic E-state index is 16.0. The maximum atomic E-state index is 16.0. The molecule has 0 bridgehead atoms. The maximum Gasteiger partial charge on any atom is 0.325 e. The zero-order valence-corrected chi connectivity index (χ0v) is 27.9. The van der Waals surface area contributed by atoms with Crippen molar-refractivity contribution >= 4 is 38.0 Å². The molecule has 2 saturated heterocycles. The van der Waals surface area contributed by atoms with Gasteiger partial charge in [-0.2, -0.15) is 0 Å². The smallest absolute Gasteiger partial charge is 0.325 e. The van der Waals surface area contributed by atoms with Crippen molar-refractivity contribution in [2.75, 3.05) is 13.2 Å². The van der Waals surface area contributed by atoms with Crippen LogP contribution in [-0.4, -0.2) is 50.7 Å². The number of hydrogen-bond acceptors (Lipinski definition) is 5. The van der Waals surface area contributed by atoms with E-state index in [4.69, 9.17) is 38.4 Å². The highest BCUT2D eigenvalue weighted by atomic mass is 35.5. The SMILES string of the molecule is C[SiH](C)C(C)(C)COCC1(C[C@@H]2N3[C@@H](C(=O)OC3(C)C)[C@H](c3cccc(Cl)c3F)[C@@]2(N)c2ccc(Cl)cc2F)CCC1. The van der Waals surface area contributed by atoms with Gasteiger partial charge in [0.2, 0.25) is 0 Å². The van der Waals surface area contributed by atoms with Crippen molar-refractivity contribution < 1.29 is 23.0 Å². The lowest BCUT2D eigenvalue weighted by Gasteiger charge is -2.50. The molecule has 0 spiro atoms. The van der Waals surface area contributed by atoms with E-state index in [1.165, 1.54) is 12.1 Å². The Morgan fingerprint density at radius 2 is 1.86 bits per heavy atom. The van der Waals surface area contributed by atoms with E-state index in [0.717, 1.165) is 19.3 Å². The number of hydrogen-bond donors (Lipinski definition) is 1. The van der Waals surface area contributed by atoms with E-state index in [-0.39, 0.29) is 31.6 Å². The number of ether oxygens (including phenoxy) is 2. The minimum absolute atomic E-state index is 0.0905. The molecule has 2 aromatic carbocycles. The number of nitrogens with two attached hydrogens (primary N) is 1. The summed E-state index contributed by atoms with van der Waals surface area (Å²) in [6.45, 7) is 14.0. The van der Waals surface area contributed by atoms with Crippen molar-refractivity contribution in [2.24, 2.45) is 11.1 Å². The summed E-state index contributed by atoms with van der Waals surface area (Å²) in [7, 11) is -0.958. The van der Waals surface area contributed by atoms with Crippen molar-refractivity contribution in [1.82, 2.24) is 4.90 Å². The van der Waals surface area contributed by atoms with Gasteiger partial charge in [-0.05, 0) is 67.3 Å². The van der Waals surface area contributed by atoms with Crippen LogP contribution in [0.15, 0.2) is 36.4 Å². The van der Waals surface area contributed by atoms with Crippen LogP contribution < -0.4 is 5.73 Å². The van der Waals surface area contributed by atoms with Crippen molar-refractivity contribution in [3.63, 3.8) is 0 Å². The summed E-state index contributed by atoms with van der Waals surface area (Å²) in [4.78, 5) is 15.6. The van der Waals surface area contributed by atoms with Gasteiger partial charge >= 0.3 is 5.97 Å². The van der Waals surface area contributed by atoms with Gasteiger partial charge in [0.25, 0.3) is 0 Å². The van der Waals surface area contributed by atoms with Gasteiger partial charge in [-0.15, -0.1) is 0 Å². The molecule has 4 atom stereocenters. The summed E-state index contributed by atoms with van der Waals surface area (Å²) in [5.41, 5.74) is 5.04. The van der Waals surface area contributed by atoms with Crippen LogP contribution in [0.1, 0.15) is 70.4 Å². The minimum atomic E-state index is -1.52. The average molecular weight is 640 g/mol. The number of rotatable bonds is 9. The molecular weight excluding hydrogens is 597 g/mol. The summed E-state index contributed by atoms with van der Waals surface area (Å²) >= 11 is 12.4. The molecule has 1 aliphatic carbocycles. The predicted molar refractivity (Wildman–Crippen MR) is 166 cm³/mol. The van der Waals surface area contributed by atoms with Gasteiger partial charge in [-0.1, -0.05) is 74.8 Å². The number of esters is 1. The largest absolute Gasteiger partial charge is 0.443 e. The normalized spacial score (nSPS) is 28.6. The Labute approximate surface area is 259 Å². The third-order valence-corrected chi connectivity index (χ3v) is 14.3. The summed E-state index contributed by atoms with van der Waals surface area (Å²) in [5.74, 6) is -2.76. The van der Waals surface area contributed by atoms with Gasteiger partial charge in [-0.25, -0.2) is 13.7 Å². The molecule has 10 heteroatoms. The summed E-state index contributed by atoms with van der Waals surface area (Å²) in [6.07, 6.45) is 3.42. The van der Waals surface area contributed by atoms with Crippen LogP contribution in [0.2, 0.25) is 28.2 Å². The molecule has 0 radical (unpaired) electrons. The first-order valence-electron chi connectivity index (χ1n) is 14.8. The van der Waals surface area contributed by atoms with E-state index in [1.807, 2.05) is 18.7 Å². The second kappa shape index (κ2) is 11.1. The van der Waals surface area contributed by atoms with Crippen molar-refractivity contribution in [3.05, 3.63) is 69.2 Å². The van der Waals surface area contributed by atoms with Gasteiger partial charge in [0.15, 0.2) is 5.72 Å². The van der Waals surface area contributed by atoms with Gasteiger partial charge in [0.1, 0.15) is 17.7 Å². The minimum Gasteiger partial charge on any atom is -0.443 e. The van der Waals surface area contributed by atoms with Crippen molar-refractivity contribution in [1.29, 1.82) is 0 Å². The second-order valence-corrected chi connectivity index (χ2v) is 18.8. The topological polar surface area (TPSA) is 64.8 Å². The van der Waals surface area contributed by atoms with Crippen LogP contribution in [0.5, 0.6) is 0 Å². The molecule has 0 unspecified atom stereocenters. The Bertz CT molecular complexity index is 1370. The number of benzene rings is 2. The fourth-order valence-corrected chi connectivity index (χ4v) is 8.00. The Balaban J connectivity index is 1.65. The summed E-state index contributed by atoms with van der Waals surface area (Å²) in [6, 6.07) is 7.52. The fourth-order valence-electron chi connectivity index (χ4n) is 7.21. The summed E-state index contributed by atoms with van der Waals surface area (Å²) < 4.78 is 44.1. The number of fused-ring (bicyclic) bond motifs is 1. The molecule has 0 aromatic heterocycles. The molecule has 5 nitrogen and oxygen atoms in total.